The lowest BCUT2D eigenvalue weighted by Crippen LogP contribution is -2.18. The van der Waals surface area contributed by atoms with Crippen LogP contribution in [0.3, 0.4) is 0 Å². The van der Waals surface area contributed by atoms with Crippen molar-refractivity contribution in [2.75, 3.05) is 0 Å². The van der Waals surface area contributed by atoms with Crippen LogP contribution < -0.4 is 0 Å². The number of benzene rings is 2. The van der Waals surface area contributed by atoms with Crippen LogP contribution in [0.5, 0.6) is 0 Å². The van der Waals surface area contributed by atoms with Crippen LogP contribution in [0, 0.1) is 0 Å². The molecule has 16 heavy (non-hydrogen) atoms. The minimum absolute atomic E-state index is 0.420. The fraction of sp³-hybridized carbons (Fsp3) is 0.214. The zero-order chi connectivity index (χ0) is 11.8. The summed E-state index contributed by atoms with van der Waals surface area (Å²) in [4.78, 5) is 11.0. The SMILES string of the molecule is CC(C)(C=O)c1ccc2c(Br)cccc2c1. The standard InChI is InChI=1S/C14H13BrO/c1-14(2,9-16)11-6-7-12-10(8-11)4-3-5-13(12)15/h3-9H,1-2H3. The molecular weight excluding hydrogens is 264 g/mol. The second-order valence-corrected chi connectivity index (χ2v) is 5.37. The van der Waals surface area contributed by atoms with Crippen molar-refractivity contribution in [3.05, 3.63) is 46.4 Å². The van der Waals surface area contributed by atoms with Gasteiger partial charge in [-0.3, -0.25) is 0 Å². The topological polar surface area (TPSA) is 17.1 Å². The van der Waals surface area contributed by atoms with E-state index in [-0.39, 0.29) is 0 Å². The van der Waals surface area contributed by atoms with Crippen molar-refractivity contribution in [2.45, 2.75) is 19.3 Å². The highest BCUT2D eigenvalue weighted by Gasteiger charge is 2.19. The van der Waals surface area contributed by atoms with E-state index in [1.54, 1.807) is 0 Å². The zero-order valence-corrected chi connectivity index (χ0v) is 10.9. The third kappa shape index (κ3) is 1.90. The van der Waals surface area contributed by atoms with Crippen LogP contribution in [0.25, 0.3) is 10.8 Å². The monoisotopic (exact) mass is 276 g/mol. The molecule has 2 aromatic carbocycles. The van der Waals surface area contributed by atoms with Gasteiger partial charge in [-0.1, -0.05) is 46.3 Å². The molecule has 2 rings (SSSR count). The molecule has 0 aliphatic carbocycles. The molecule has 0 unspecified atom stereocenters. The molecule has 0 N–H and O–H groups in total. The maximum atomic E-state index is 11.0. The molecule has 0 bridgehead atoms. The van der Waals surface area contributed by atoms with Crippen molar-refractivity contribution >= 4 is 33.0 Å². The molecule has 1 nitrogen and oxygen atoms in total. The molecule has 0 aliphatic rings. The Bertz CT molecular complexity index is 543. The third-order valence-electron chi connectivity index (χ3n) is 2.87. The van der Waals surface area contributed by atoms with E-state index in [1.165, 1.54) is 5.39 Å². The summed E-state index contributed by atoms with van der Waals surface area (Å²) in [5.41, 5.74) is 0.629. The molecule has 0 atom stereocenters. The second kappa shape index (κ2) is 4.02. The molecule has 0 aromatic heterocycles. The van der Waals surface area contributed by atoms with Gasteiger partial charge in [0.05, 0.1) is 0 Å². The van der Waals surface area contributed by atoms with Crippen LogP contribution >= 0.6 is 15.9 Å². The van der Waals surface area contributed by atoms with Gasteiger partial charge in [0.1, 0.15) is 6.29 Å². The van der Waals surface area contributed by atoms with Gasteiger partial charge in [0.25, 0.3) is 0 Å². The number of halogens is 1. The van der Waals surface area contributed by atoms with Gasteiger partial charge < -0.3 is 4.79 Å². The lowest BCUT2D eigenvalue weighted by Gasteiger charge is -2.18. The summed E-state index contributed by atoms with van der Waals surface area (Å²) in [5.74, 6) is 0. The fourth-order valence-corrected chi connectivity index (χ4v) is 2.23. The minimum atomic E-state index is -0.420. The van der Waals surface area contributed by atoms with Crippen LogP contribution in [-0.4, -0.2) is 6.29 Å². The zero-order valence-electron chi connectivity index (χ0n) is 9.33. The Morgan fingerprint density at radius 1 is 1.19 bits per heavy atom. The predicted octanol–water partition coefficient (Wildman–Crippen LogP) is 4.08. The van der Waals surface area contributed by atoms with Gasteiger partial charge in [-0.25, -0.2) is 0 Å². The Morgan fingerprint density at radius 3 is 2.62 bits per heavy atom. The van der Waals surface area contributed by atoms with Crippen LogP contribution in [0.1, 0.15) is 19.4 Å². The fourth-order valence-electron chi connectivity index (χ4n) is 1.71. The summed E-state index contributed by atoms with van der Waals surface area (Å²) < 4.78 is 1.08. The summed E-state index contributed by atoms with van der Waals surface area (Å²) in [5, 5.41) is 2.33. The molecule has 2 aromatic rings. The summed E-state index contributed by atoms with van der Waals surface area (Å²) in [7, 11) is 0. The number of hydrogen-bond acceptors (Lipinski definition) is 1. The van der Waals surface area contributed by atoms with E-state index in [9.17, 15) is 4.79 Å². The molecule has 0 heterocycles. The molecule has 0 fully saturated rings. The van der Waals surface area contributed by atoms with E-state index in [2.05, 4.69) is 34.1 Å². The summed E-state index contributed by atoms with van der Waals surface area (Å²) in [6.45, 7) is 3.86. The first kappa shape index (κ1) is 11.3. The Morgan fingerprint density at radius 2 is 1.94 bits per heavy atom. The van der Waals surface area contributed by atoms with Crippen LogP contribution in [-0.2, 0) is 10.2 Å². The van der Waals surface area contributed by atoms with Gasteiger partial charge in [-0.15, -0.1) is 0 Å². The molecular formula is C14H13BrO. The minimum Gasteiger partial charge on any atom is -0.302 e. The quantitative estimate of drug-likeness (QED) is 0.756. The number of carbonyl (C=O) groups excluding carboxylic acids is 1. The highest BCUT2D eigenvalue weighted by atomic mass is 79.9. The number of aldehydes is 1. The van der Waals surface area contributed by atoms with Gasteiger partial charge in [0, 0.05) is 9.89 Å². The molecule has 0 saturated heterocycles. The van der Waals surface area contributed by atoms with E-state index in [1.807, 2.05) is 32.0 Å². The Labute approximate surface area is 104 Å². The van der Waals surface area contributed by atoms with Gasteiger partial charge in [0.15, 0.2) is 0 Å². The number of rotatable bonds is 2. The van der Waals surface area contributed by atoms with Crippen molar-refractivity contribution in [3.63, 3.8) is 0 Å². The maximum Gasteiger partial charge on any atom is 0.129 e. The molecule has 0 radical (unpaired) electrons. The van der Waals surface area contributed by atoms with Gasteiger partial charge in [-0.2, -0.15) is 0 Å². The number of fused-ring (bicyclic) bond motifs is 1. The molecule has 82 valence electrons. The molecule has 2 heteroatoms. The van der Waals surface area contributed by atoms with Crippen molar-refractivity contribution < 1.29 is 4.79 Å². The smallest absolute Gasteiger partial charge is 0.129 e. The van der Waals surface area contributed by atoms with E-state index >= 15 is 0 Å². The average Bonchev–Trinajstić information content (AvgIpc) is 2.29. The molecule has 0 amide bonds. The van der Waals surface area contributed by atoms with Crippen molar-refractivity contribution in [3.8, 4) is 0 Å². The number of hydrogen-bond donors (Lipinski definition) is 0. The van der Waals surface area contributed by atoms with Gasteiger partial charge in [0.2, 0.25) is 0 Å². The largest absolute Gasteiger partial charge is 0.302 e. The number of carbonyl (C=O) groups is 1. The second-order valence-electron chi connectivity index (χ2n) is 4.52. The summed E-state index contributed by atoms with van der Waals surface area (Å²) in [6, 6.07) is 12.2. The Balaban J connectivity index is 2.66. The van der Waals surface area contributed by atoms with Gasteiger partial charge >= 0.3 is 0 Å². The van der Waals surface area contributed by atoms with Crippen molar-refractivity contribution in [1.29, 1.82) is 0 Å². The molecule has 0 spiro atoms. The first-order valence-electron chi connectivity index (χ1n) is 5.20. The highest BCUT2D eigenvalue weighted by Crippen LogP contribution is 2.28. The Hall–Kier alpha value is -1.15. The normalized spacial score (nSPS) is 11.7. The molecule has 0 aliphatic heterocycles. The van der Waals surface area contributed by atoms with Crippen molar-refractivity contribution in [1.82, 2.24) is 0 Å². The van der Waals surface area contributed by atoms with E-state index in [0.717, 1.165) is 21.7 Å². The first-order valence-corrected chi connectivity index (χ1v) is 5.99. The van der Waals surface area contributed by atoms with Crippen LogP contribution in [0.4, 0.5) is 0 Å². The predicted molar refractivity (Wildman–Crippen MR) is 70.7 cm³/mol. The lowest BCUT2D eigenvalue weighted by atomic mass is 9.85. The first-order chi connectivity index (χ1) is 7.54. The highest BCUT2D eigenvalue weighted by molar-refractivity contribution is 9.10. The Kier molecular flexibility index (Phi) is 2.85. The van der Waals surface area contributed by atoms with Crippen molar-refractivity contribution in [2.24, 2.45) is 0 Å². The van der Waals surface area contributed by atoms with Crippen LogP contribution in [0.15, 0.2) is 40.9 Å². The third-order valence-corrected chi connectivity index (χ3v) is 3.56. The van der Waals surface area contributed by atoms with Crippen LogP contribution in [0.2, 0.25) is 0 Å². The average molecular weight is 277 g/mol. The lowest BCUT2D eigenvalue weighted by molar-refractivity contribution is -0.111. The molecule has 0 saturated carbocycles. The summed E-state index contributed by atoms with van der Waals surface area (Å²) in [6.07, 6.45) is 0.992. The van der Waals surface area contributed by atoms with Gasteiger partial charge in [-0.05, 0) is 36.2 Å². The van der Waals surface area contributed by atoms with E-state index in [0.29, 0.717) is 0 Å². The van der Waals surface area contributed by atoms with E-state index in [4.69, 9.17) is 0 Å². The van der Waals surface area contributed by atoms with E-state index < -0.39 is 5.41 Å². The maximum absolute atomic E-state index is 11.0. The summed E-state index contributed by atoms with van der Waals surface area (Å²) >= 11 is 3.52.